The van der Waals surface area contributed by atoms with Crippen molar-refractivity contribution in [1.29, 1.82) is 0 Å². The predicted molar refractivity (Wildman–Crippen MR) is 77.7 cm³/mol. The Labute approximate surface area is 117 Å². The van der Waals surface area contributed by atoms with E-state index in [0.29, 0.717) is 12.1 Å². The van der Waals surface area contributed by atoms with Gasteiger partial charge in [0.1, 0.15) is 10.8 Å². The van der Waals surface area contributed by atoms with E-state index in [4.69, 9.17) is 4.74 Å². The molecule has 0 saturated carbocycles. The van der Waals surface area contributed by atoms with Gasteiger partial charge >= 0.3 is 0 Å². The van der Waals surface area contributed by atoms with Crippen molar-refractivity contribution in [3.05, 3.63) is 45.9 Å². The monoisotopic (exact) mass is 274 g/mol. The molecule has 2 aromatic rings. The van der Waals surface area contributed by atoms with Gasteiger partial charge in [-0.05, 0) is 43.0 Å². The summed E-state index contributed by atoms with van der Waals surface area (Å²) in [6, 6.07) is 7.09. The van der Waals surface area contributed by atoms with Crippen LogP contribution in [0.15, 0.2) is 29.8 Å². The number of rotatable bonds is 4. The van der Waals surface area contributed by atoms with Gasteiger partial charge in [0, 0.05) is 17.6 Å². The molecule has 1 aliphatic rings. The number of aromatic nitrogens is 1. The van der Waals surface area contributed by atoms with Gasteiger partial charge in [-0.1, -0.05) is 6.07 Å². The lowest BCUT2D eigenvalue weighted by Crippen LogP contribution is -2.22. The van der Waals surface area contributed by atoms with Crippen molar-refractivity contribution < 1.29 is 4.74 Å². The van der Waals surface area contributed by atoms with Crippen LogP contribution in [0.25, 0.3) is 0 Å². The van der Waals surface area contributed by atoms with E-state index in [-0.39, 0.29) is 0 Å². The maximum Gasteiger partial charge on any atom is 0.119 e. The molecule has 0 radical (unpaired) electrons. The Morgan fingerprint density at radius 2 is 2.37 bits per heavy atom. The number of ether oxygens (including phenoxy) is 1. The van der Waals surface area contributed by atoms with Gasteiger partial charge < -0.3 is 10.1 Å². The van der Waals surface area contributed by atoms with Gasteiger partial charge in [0.05, 0.1) is 13.2 Å². The zero-order chi connectivity index (χ0) is 13.2. The first-order chi connectivity index (χ1) is 9.28. The van der Waals surface area contributed by atoms with Gasteiger partial charge in [0.15, 0.2) is 0 Å². The fourth-order valence-corrected chi connectivity index (χ4v) is 3.36. The first kappa shape index (κ1) is 12.6. The molecule has 4 heteroatoms. The Kier molecular flexibility index (Phi) is 3.53. The largest absolute Gasteiger partial charge is 0.497 e. The molecule has 1 N–H and O–H groups in total. The summed E-state index contributed by atoms with van der Waals surface area (Å²) < 4.78 is 5.33. The van der Waals surface area contributed by atoms with Crippen molar-refractivity contribution in [1.82, 2.24) is 10.3 Å². The topological polar surface area (TPSA) is 34.1 Å². The zero-order valence-corrected chi connectivity index (χ0v) is 12.0. The molecule has 1 aromatic carbocycles. The average Bonchev–Trinajstić information content (AvgIpc) is 3.08. The molecular weight excluding hydrogens is 256 g/mol. The van der Waals surface area contributed by atoms with Gasteiger partial charge in [-0.3, -0.25) is 0 Å². The second-order valence-electron chi connectivity index (χ2n) is 4.91. The van der Waals surface area contributed by atoms with Crippen LogP contribution in [-0.2, 0) is 6.42 Å². The van der Waals surface area contributed by atoms with Crippen molar-refractivity contribution in [3.63, 3.8) is 0 Å². The summed E-state index contributed by atoms with van der Waals surface area (Å²) in [6.07, 6.45) is 4.16. The van der Waals surface area contributed by atoms with Crippen LogP contribution in [0, 0.1) is 0 Å². The van der Waals surface area contributed by atoms with Crippen LogP contribution in [0.4, 0.5) is 0 Å². The van der Waals surface area contributed by atoms with Crippen molar-refractivity contribution in [2.75, 3.05) is 7.11 Å². The minimum Gasteiger partial charge on any atom is -0.497 e. The quantitative estimate of drug-likeness (QED) is 0.926. The smallest absolute Gasteiger partial charge is 0.119 e. The van der Waals surface area contributed by atoms with E-state index in [2.05, 4.69) is 29.4 Å². The number of thiazole rings is 1. The Morgan fingerprint density at radius 3 is 3.11 bits per heavy atom. The number of hydrogen-bond donors (Lipinski definition) is 1. The van der Waals surface area contributed by atoms with Crippen LogP contribution in [0.1, 0.15) is 41.6 Å². The molecule has 0 amide bonds. The summed E-state index contributed by atoms with van der Waals surface area (Å²) in [5.41, 5.74) is 2.81. The van der Waals surface area contributed by atoms with E-state index in [9.17, 15) is 0 Å². The zero-order valence-electron chi connectivity index (χ0n) is 11.2. The van der Waals surface area contributed by atoms with Gasteiger partial charge in [-0.25, -0.2) is 4.98 Å². The summed E-state index contributed by atoms with van der Waals surface area (Å²) in [4.78, 5) is 4.38. The van der Waals surface area contributed by atoms with Crippen molar-refractivity contribution in [2.24, 2.45) is 0 Å². The molecule has 19 heavy (non-hydrogen) atoms. The highest BCUT2D eigenvalue weighted by atomic mass is 32.1. The fourth-order valence-electron chi connectivity index (χ4n) is 2.70. The minimum absolute atomic E-state index is 0.294. The van der Waals surface area contributed by atoms with Crippen LogP contribution in [-0.4, -0.2) is 12.1 Å². The third-order valence-electron chi connectivity index (χ3n) is 3.70. The molecule has 1 heterocycles. The average molecular weight is 274 g/mol. The van der Waals surface area contributed by atoms with Gasteiger partial charge in [-0.15, -0.1) is 11.3 Å². The standard InChI is InChI=1S/C15H18N2OS/c1-10(15-16-7-8-19-15)17-14-6-4-11-3-5-12(18-2)9-13(11)14/h3,5,7-10,14,17H,4,6H2,1-2H3. The summed E-state index contributed by atoms with van der Waals surface area (Å²) in [6.45, 7) is 2.18. The SMILES string of the molecule is COc1ccc2c(c1)C(NC(C)c1nccs1)CC2. The van der Waals surface area contributed by atoms with E-state index in [1.165, 1.54) is 11.1 Å². The second kappa shape index (κ2) is 5.31. The molecule has 2 atom stereocenters. The lowest BCUT2D eigenvalue weighted by Gasteiger charge is -2.19. The van der Waals surface area contributed by atoms with Crippen LogP contribution >= 0.6 is 11.3 Å². The molecule has 2 unspecified atom stereocenters. The third-order valence-corrected chi connectivity index (χ3v) is 4.66. The van der Waals surface area contributed by atoms with E-state index in [1.807, 2.05) is 17.6 Å². The first-order valence-corrected chi connectivity index (χ1v) is 7.48. The van der Waals surface area contributed by atoms with E-state index < -0.39 is 0 Å². The van der Waals surface area contributed by atoms with E-state index in [0.717, 1.165) is 23.6 Å². The number of aryl methyl sites for hydroxylation is 1. The first-order valence-electron chi connectivity index (χ1n) is 6.60. The Hall–Kier alpha value is -1.39. The third kappa shape index (κ3) is 2.51. The highest BCUT2D eigenvalue weighted by Gasteiger charge is 2.25. The summed E-state index contributed by atoms with van der Waals surface area (Å²) >= 11 is 1.71. The molecule has 0 aliphatic heterocycles. The van der Waals surface area contributed by atoms with Gasteiger partial charge in [0.2, 0.25) is 0 Å². The van der Waals surface area contributed by atoms with Crippen LogP contribution in [0.2, 0.25) is 0 Å². The van der Waals surface area contributed by atoms with Crippen molar-refractivity contribution >= 4 is 11.3 Å². The summed E-state index contributed by atoms with van der Waals surface area (Å²) in [7, 11) is 1.72. The number of benzene rings is 1. The molecule has 0 spiro atoms. The summed E-state index contributed by atoms with van der Waals surface area (Å²) in [5, 5.41) is 6.86. The summed E-state index contributed by atoms with van der Waals surface area (Å²) in [5.74, 6) is 0.939. The molecule has 3 rings (SSSR count). The minimum atomic E-state index is 0.294. The Balaban J connectivity index is 1.78. The molecular formula is C15H18N2OS. The normalized spacial score (nSPS) is 19.2. The Morgan fingerprint density at radius 1 is 1.47 bits per heavy atom. The number of hydrogen-bond acceptors (Lipinski definition) is 4. The molecule has 0 bridgehead atoms. The lowest BCUT2D eigenvalue weighted by atomic mass is 10.1. The van der Waals surface area contributed by atoms with Crippen LogP contribution < -0.4 is 10.1 Å². The van der Waals surface area contributed by atoms with Crippen molar-refractivity contribution in [2.45, 2.75) is 31.8 Å². The van der Waals surface area contributed by atoms with Gasteiger partial charge in [-0.2, -0.15) is 0 Å². The highest BCUT2D eigenvalue weighted by molar-refractivity contribution is 7.09. The lowest BCUT2D eigenvalue weighted by molar-refractivity contribution is 0.412. The molecule has 3 nitrogen and oxygen atoms in total. The molecule has 1 aliphatic carbocycles. The number of fused-ring (bicyclic) bond motifs is 1. The Bertz CT molecular complexity index is 553. The van der Waals surface area contributed by atoms with Crippen LogP contribution in [0.3, 0.4) is 0 Å². The predicted octanol–water partition coefficient (Wildman–Crippen LogP) is 3.49. The fraction of sp³-hybridized carbons (Fsp3) is 0.400. The number of nitrogens with one attached hydrogen (secondary N) is 1. The van der Waals surface area contributed by atoms with E-state index in [1.54, 1.807) is 18.4 Å². The van der Waals surface area contributed by atoms with Crippen LogP contribution in [0.5, 0.6) is 5.75 Å². The highest BCUT2D eigenvalue weighted by Crippen LogP contribution is 2.35. The molecule has 100 valence electrons. The van der Waals surface area contributed by atoms with Gasteiger partial charge in [0.25, 0.3) is 0 Å². The van der Waals surface area contributed by atoms with Crippen molar-refractivity contribution in [3.8, 4) is 5.75 Å². The van der Waals surface area contributed by atoms with E-state index >= 15 is 0 Å². The maximum absolute atomic E-state index is 5.33. The number of nitrogens with zero attached hydrogens (tertiary/aromatic N) is 1. The second-order valence-corrected chi connectivity index (χ2v) is 5.84. The molecule has 0 fully saturated rings. The maximum atomic E-state index is 5.33. The number of methoxy groups -OCH3 is 1. The molecule has 1 aromatic heterocycles. The molecule has 0 saturated heterocycles.